The number of carbonyl (C=O) groups is 3. The summed E-state index contributed by atoms with van der Waals surface area (Å²) in [5.41, 5.74) is -0.346. The summed E-state index contributed by atoms with van der Waals surface area (Å²) in [5, 5.41) is 11.0. The third kappa shape index (κ3) is 7.68. The summed E-state index contributed by atoms with van der Waals surface area (Å²) in [7, 11) is -2.28. The molecule has 0 fully saturated rings. The van der Waals surface area contributed by atoms with Gasteiger partial charge in [0.2, 0.25) is 11.8 Å². The molecular weight excluding hydrogens is 504 g/mol. The summed E-state index contributed by atoms with van der Waals surface area (Å²) in [5.74, 6) is -2.32. The molecule has 38 heavy (non-hydrogen) atoms. The predicted molar refractivity (Wildman–Crippen MR) is 152 cm³/mol. The van der Waals surface area contributed by atoms with Gasteiger partial charge in [-0.15, -0.1) is 0 Å². The van der Waals surface area contributed by atoms with Crippen LogP contribution in [0, 0.1) is 11.3 Å². The molecule has 214 valence electrons. The lowest BCUT2D eigenvalue weighted by molar-refractivity contribution is -0.140. The number of carboxylic acids is 1. The fourth-order valence-corrected chi connectivity index (χ4v) is 6.86. The van der Waals surface area contributed by atoms with Crippen molar-refractivity contribution in [2.45, 2.75) is 91.5 Å². The van der Waals surface area contributed by atoms with Crippen LogP contribution in [0.15, 0.2) is 41.5 Å². The van der Waals surface area contributed by atoms with Gasteiger partial charge < -0.3 is 15.3 Å². The number of sulfone groups is 1. The summed E-state index contributed by atoms with van der Waals surface area (Å²) >= 11 is 0. The van der Waals surface area contributed by atoms with E-state index in [0.717, 1.165) is 6.26 Å². The lowest BCUT2D eigenvalue weighted by Gasteiger charge is -2.40. The van der Waals surface area contributed by atoms with Gasteiger partial charge in [0.15, 0.2) is 9.84 Å². The molecule has 9 heteroatoms. The standard InChI is InChI=1S/C29H46N2O6S/c1-12-21(19(4)27(34)35)22(18(2)3)31(10)26(33)23(28(5,6)7)30-25(32)24(38(11,36)37)29(8,9)20-16-14-13-15-17-20/h13-18,22-24H,12H2,1-11H3,(H,30,32)(H,34,35)/t22-,23+,24?/m0/s1. The Bertz CT molecular complexity index is 1150. The van der Waals surface area contributed by atoms with Crippen molar-refractivity contribution in [3.63, 3.8) is 0 Å². The SMILES string of the molecule is CCC(=C(C)C(=O)O)[C@H](C(C)C)N(C)C(=O)[C@@H](NC(=O)C(C(C)(C)c1ccccc1)S(C)(=O)=O)C(C)(C)C. The molecule has 0 saturated carbocycles. The van der Waals surface area contributed by atoms with Crippen molar-refractivity contribution in [2.24, 2.45) is 11.3 Å². The van der Waals surface area contributed by atoms with Crippen LogP contribution in [0.2, 0.25) is 0 Å². The topological polar surface area (TPSA) is 121 Å². The number of likely N-dealkylation sites (N-methyl/N-ethyl adjacent to an activating group) is 1. The van der Waals surface area contributed by atoms with Gasteiger partial charge in [0.1, 0.15) is 11.3 Å². The quantitative estimate of drug-likeness (QED) is 0.398. The Kier molecular flexibility index (Phi) is 10.9. The van der Waals surface area contributed by atoms with Gasteiger partial charge in [0.05, 0.1) is 6.04 Å². The van der Waals surface area contributed by atoms with Crippen molar-refractivity contribution in [1.29, 1.82) is 0 Å². The zero-order valence-electron chi connectivity index (χ0n) is 24.7. The van der Waals surface area contributed by atoms with Crippen molar-refractivity contribution in [2.75, 3.05) is 13.3 Å². The van der Waals surface area contributed by atoms with E-state index in [-0.39, 0.29) is 11.5 Å². The highest BCUT2D eigenvalue weighted by atomic mass is 32.2. The first kappa shape index (κ1) is 33.3. The Hall–Kier alpha value is -2.68. The summed E-state index contributed by atoms with van der Waals surface area (Å²) in [6.07, 6.45) is 1.47. The fraction of sp³-hybridized carbons (Fsp3) is 0.621. The molecule has 0 heterocycles. The minimum atomic E-state index is -3.88. The summed E-state index contributed by atoms with van der Waals surface area (Å²) in [6, 6.07) is 7.38. The predicted octanol–water partition coefficient (Wildman–Crippen LogP) is 4.20. The van der Waals surface area contributed by atoms with Gasteiger partial charge in [0, 0.05) is 24.3 Å². The van der Waals surface area contributed by atoms with Crippen LogP contribution in [0.3, 0.4) is 0 Å². The van der Waals surface area contributed by atoms with Gasteiger partial charge in [-0.1, -0.05) is 85.7 Å². The van der Waals surface area contributed by atoms with Gasteiger partial charge in [0.25, 0.3) is 0 Å². The molecule has 1 aromatic rings. The molecule has 0 aliphatic rings. The largest absolute Gasteiger partial charge is 0.478 e. The molecule has 1 rings (SSSR count). The molecule has 0 aliphatic carbocycles. The number of hydrogen-bond acceptors (Lipinski definition) is 5. The lowest BCUT2D eigenvalue weighted by atomic mass is 9.80. The van der Waals surface area contributed by atoms with Crippen molar-refractivity contribution in [3.05, 3.63) is 47.0 Å². The minimum absolute atomic E-state index is 0.106. The van der Waals surface area contributed by atoms with Crippen LogP contribution in [0.4, 0.5) is 0 Å². The number of aliphatic carboxylic acids is 1. The van der Waals surface area contributed by atoms with Crippen LogP contribution in [0.25, 0.3) is 0 Å². The molecule has 8 nitrogen and oxygen atoms in total. The molecule has 2 amide bonds. The highest BCUT2D eigenvalue weighted by Crippen LogP contribution is 2.33. The van der Waals surface area contributed by atoms with E-state index in [0.29, 0.717) is 17.6 Å². The minimum Gasteiger partial charge on any atom is -0.478 e. The smallest absolute Gasteiger partial charge is 0.331 e. The molecule has 0 saturated heterocycles. The van der Waals surface area contributed by atoms with Crippen LogP contribution >= 0.6 is 0 Å². The lowest BCUT2D eigenvalue weighted by Crippen LogP contribution is -2.60. The number of amides is 2. The van der Waals surface area contributed by atoms with Gasteiger partial charge >= 0.3 is 5.97 Å². The maximum Gasteiger partial charge on any atom is 0.331 e. The van der Waals surface area contributed by atoms with Crippen LogP contribution in [0.1, 0.15) is 74.3 Å². The molecule has 0 spiro atoms. The molecule has 0 bridgehead atoms. The average molecular weight is 551 g/mol. The van der Waals surface area contributed by atoms with Gasteiger partial charge in [-0.25, -0.2) is 13.2 Å². The molecule has 0 aromatic heterocycles. The summed E-state index contributed by atoms with van der Waals surface area (Å²) < 4.78 is 25.9. The van der Waals surface area contributed by atoms with Crippen LogP contribution < -0.4 is 5.32 Å². The fourth-order valence-electron chi connectivity index (χ4n) is 5.20. The van der Waals surface area contributed by atoms with Crippen LogP contribution in [-0.4, -0.2) is 66.8 Å². The zero-order valence-corrected chi connectivity index (χ0v) is 25.6. The third-order valence-electron chi connectivity index (χ3n) is 7.18. The highest BCUT2D eigenvalue weighted by molar-refractivity contribution is 7.92. The Morgan fingerprint density at radius 1 is 1.03 bits per heavy atom. The number of nitrogens with zero attached hydrogens (tertiary/aromatic N) is 1. The second kappa shape index (κ2) is 12.5. The van der Waals surface area contributed by atoms with Crippen LogP contribution in [-0.2, 0) is 29.6 Å². The molecule has 3 atom stereocenters. The molecule has 2 N–H and O–H groups in total. The van der Waals surface area contributed by atoms with E-state index in [1.807, 2.05) is 26.8 Å². The molecule has 1 aromatic carbocycles. The van der Waals surface area contributed by atoms with E-state index in [1.54, 1.807) is 65.9 Å². The van der Waals surface area contributed by atoms with E-state index in [2.05, 4.69) is 5.32 Å². The molecule has 1 unspecified atom stereocenters. The second-order valence-electron chi connectivity index (χ2n) is 12.1. The van der Waals surface area contributed by atoms with Crippen molar-refractivity contribution >= 4 is 27.6 Å². The number of rotatable bonds is 11. The van der Waals surface area contributed by atoms with Gasteiger partial charge in [-0.05, 0) is 35.8 Å². The third-order valence-corrected chi connectivity index (χ3v) is 8.84. The maximum absolute atomic E-state index is 14.0. The second-order valence-corrected chi connectivity index (χ2v) is 14.2. The number of nitrogens with one attached hydrogen (secondary N) is 1. The molecule has 0 radical (unpaired) electrons. The Labute approximate surface area is 228 Å². The highest BCUT2D eigenvalue weighted by Gasteiger charge is 2.47. The molecule has 0 aliphatic heterocycles. The first-order chi connectivity index (χ1) is 17.2. The van der Waals surface area contributed by atoms with E-state index in [9.17, 15) is 27.9 Å². The zero-order chi connectivity index (χ0) is 29.8. The van der Waals surface area contributed by atoms with Crippen molar-refractivity contribution in [1.82, 2.24) is 10.2 Å². The van der Waals surface area contributed by atoms with E-state index in [4.69, 9.17) is 0 Å². The number of benzene rings is 1. The van der Waals surface area contributed by atoms with E-state index in [1.165, 1.54) is 11.8 Å². The van der Waals surface area contributed by atoms with Gasteiger partial charge in [-0.2, -0.15) is 0 Å². The Morgan fingerprint density at radius 3 is 1.89 bits per heavy atom. The summed E-state index contributed by atoms with van der Waals surface area (Å²) in [6.45, 7) is 16.0. The average Bonchev–Trinajstić information content (AvgIpc) is 2.78. The van der Waals surface area contributed by atoms with Crippen LogP contribution in [0.5, 0.6) is 0 Å². The van der Waals surface area contributed by atoms with Crippen molar-refractivity contribution in [3.8, 4) is 0 Å². The summed E-state index contributed by atoms with van der Waals surface area (Å²) in [4.78, 5) is 41.0. The van der Waals surface area contributed by atoms with Crippen molar-refractivity contribution < 1.29 is 27.9 Å². The monoisotopic (exact) mass is 550 g/mol. The number of carboxylic acid groups (broad SMARTS) is 1. The van der Waals surface area contributed by atoms with E-state index >= 15 is 0 Å². The first-order valence-electron chi connectivity index (χ1n) is 12.9. The number of carbonyl (C=O) groups excluding carboxylic acids is 2. The Balaban J connectivity index is 3.57. The Morgan fingerprint density at radius 2 is 1.53 bits per heavy atom. The molecular formula is C29H46N2O6S. The van der Waals surface area contributed by atoms with E-state index < -0.39 is 55.8 Å². The maximum atomic E-state index is 14.0. The first-order valence-corrected chi connectivity index (χ1v) is 14.9. The normalized spacial score (nSPS) is 15.8. The van der Waals surface area contributed by atoms with Gasteiger partial charge in [-0.3, -0.25) is 9.59 Å². The number of hydrogen-bond donors (Lipinski definition) is 2.